The first-order valence-corrected chi connectivity index (χ1v) is 14.4. The van der Waals surface area contributed by atoms with Gasteiger partial charge in [0.05, 0.1) is 10.3 Å². The summed E-state index contributed by atoms with van der Waals surface area (Å²) in [6, 6.07) is 0. The predicted molar refractivity (Wildman–Crippen MR) is 136 cm³/mol. The van der Waals surface area contributed by atoms with Crippen LogP contribution in [0.4, 0.5) is 0 Å². The fourth-order valence-corrected chi connectivity index (χ4v) is 8.67. The molecule has 0 spiro atoms. The lowest BCUT2D eigenvalue weighted by molar-refractivity contribution is -0.201. The van der Waals surface area contributed by atoms with Crippen LogP contribution in [-0.4, -0.2) is 50.6 Å². The normalized spacial score (nSPS) is 43.0. The van der Waals surface area contributed by atoms with Gasteiger partial charge in [-0.2, -0.15) is 0 Å². The van der Waals surface area contributed by atoms with Crippen LogP contribution in [0.3, 0.4) is 0 Å². The molecule has 0 aliphatic heterocycles. The zero-order valence-corrected chi connectivity index (χ0v) is 23.1. The highest BCUT2D eigenvalue weighted by atomic mass is 35.5. The third kappa shape index (κ3) is 3.60. The molecule has 0 saturated heterocycles. The quantitative estimate of drug-likeness (QED) is 0.236. The van der Waals surface area contributed by atoms with E-state index in [9.17, 15) is 14.4 Å². The van der Waals surface area contributed by atoms with Crippen molar-refractivity contribution in [1.82, 2.24) is 0 Å². The van der Waals surface area contributed by atoms with Gasteiger partial charge in [0.2, 0.25) is 10.4 Å². The highest BCUT2D eigenvalue weighted by Gasteiger charge is 2.75. The molecule has 0 unspecified atom stereocenters. The standard InChI is InChI=1S/C24H28Cl4O5S/c1-21-8-6-14(29)10-13(21)4-5-16-15-7-9-23(20(31)32-12-34-3,33-19(30)18(26)27)22(15,2)11-17(25)24(16,21)28/h6,8,10,15-18H,4-5,7,9,11-12H2,1-3H3/t15-,16-,17-,21-,22-,23-,24-/m0/s1. The van der Waals surface area contributed by atoms with E-state index in [1.54, 1.807) is 12.2 Å². The van der Waals surface area contributed by atoms with Gasteiger partial charge in [0.1, 0.15) is 5.94 Å². The van der Waals surface area contributed by atoms with Crippen molar-refractivity contribution in [2.75, 3.05) is 12.2 Å². The molecule has 4 rings (SSSR count). The first kappa shape index (κ1) is 26.7. The number of ether oxygens (including phenoxy) is 2. The molecule has 0 bridgehead atoms. The van der Waals surface area contributed by atoms with Crippen LogP contribution in [-0.2, 0) is 23.9 Å². The third-order valence-electron chi connectivity index (χ3n) is 8.81. The maximum Gasteiger partial charge on any atom is 0.352 e. The molecular formula is C24H28Cl4O5S. The number of allylic oxidation sites excluding steroid dienone is 4. The lowest BCUT2D eigenvalue weighted by atomic mass is 9.46. The highest BCUT2D eigenvalue weighted by Crippen LogP contribution is 2.72. The summed E-state index contributed by atoms with van der Waals surface area (Å²) in [7, 11) is 0. The number of esters is 2. The fourth-order valence-electron chi connectivity index (χ4n) is 7.12. The van der Waals surface area contributed by atoms with E-state index >= 15 is 0 Å². The fraction of sp³-hybridized carbons (Fsp3) is 0.708. The summed E-state index contributed by atoms with van der Waals surface area (Å²) in [5.41, 5.74) is -2.00. The number of alkyl halides is 4. The lowest BCUT2D eigenvalue weighted by Crippen LogP contribution is -2.68. The molecule has 0 aromatic rings. The number of carbonyl (C=O) groups is 3. The smallest absolute Gasteiger partial charge is 0.352 e. The number of fused-ring (bicyclic) bond motifs is 5. The van der Waals surface area contributed by atoms with Gasteiger partial charge in [0.15, 0.2) is 5.78 Å². The van der Waals surface area contributed by atoms with Crippen molar-refractivity contribution in [1.29, 1.82) is 0 Å². The Labute approximate surface area is 224 Å². The van der Waals surface area contributed by atoms with Crippen LogP contribution in [0.25, 0.3) is 0 Å². The van der Waals surface area contributed by atoms with Crippen molar-refractivity contribution < 1.29 is 23.9 Å². The molecule has 4 aliphatic rings. The van der Waals surface area contributed by atoms with E-state index in [-0.39, 0.29) is 30.0 Å². The minimum absolute atomic E-state index is 0.0435. The van der Waals surface area contributed by atoms with Gasteiger partial charge in [-0.25, -0.2) is 9.59 Å². The zero-order chi connectivity index (χ0) is 25.1. The average Bonchev–Trinajstić information content (AvgIpc) is 3.06. The topological polar surface area (TPSA) is 69.7 Å². The van der Waals surface area contributed by atoms with Crippen LogP contribution in [0.2, 0.25) is 0 Å². The molecule has 188 valence electrons. The average molecular weight is 570 g/mol. The van der Waals surface area contributed by atoms with Crippen molar-refractivity contribution in [3.63, 3.8) is 0 Å². The first-order valence-electron chi connectivity index (χ1n) is 11.3. The molecule has 0 heterocycles. The molecule has 0 aromatic carbocycles. The molecule has 0 N–H and O–H groups in total. The Bertz CT molecular complexity index is 969. The van der Waals surface area contributed by atoms with Gasteiger partial charge < -0.3 is 9.47 Å². The molecule has 3 fully saturated rings. The molecule has 0 amide bonds. The molecule has 10 heteroatoms. The molecule has 4 aliphatic carbocycles. The molecule has 3 saturated carbocycles. The lowest BCUT2D eigenvalue weighted by Gasteiger charge is -2.63. The van der Waals surface area contributed by atoms with Crippen molar-refractivity contribution in [3.05, 3.63) is 23.8 Å². The monoisotopic (exact) mass is 568 g/mol. The van der Waals surface area contributed by atoms with Gasteiger partial charge in [0.25, 0.3) is 0 Å². The van der Waals surface area contributed by atoms with Crippen molar-refractivity contribution >= 4 is 75.9 Å². The summed E-state index contributed by atoms with van der Waals surface area (Å²) in [4.78, 5) is 35.9. The van der Waals surface area contributed by atoms with E-state index < -0.39 is 43.5 Å². The van der Waals surface area contributed by atoms with Crippen LogP contribution >= 0.6 is 58.2 Å². The number of hydrogen-bond donors (Lipinski definition) is 0. The number of ketones is 1. The second kappa shape index (κ2) is 9.16. The minimum atomic E-state index is -1.56. The number of halogens is 4. The van der Waals surface area contributed by atoms with E-state index in [0.29, 0.717) is 25.7 Å². The van der Waals surface area contributed by atoms with E-state index in [4.69, 9.17) is 55.9 Å². The Kier molecular flexibility index (Phi) is 7.19. The minimum Gasteiger partial charge on any atom is -0.452 e. The SMILES string of the molecule is CSCOC(=O)[C@@]1(OC(=O)C(Cl)Cl)CC[C@H]2[C@@H]3CCC4=CC(=O)C=C[C@]4(C)[C@@]3(Cl)[C@@H](Cl)C[C@@]21C. The summed E-state index contributed by atoms with van der Waals surface area (Å²) in [5, 5.41) is -0.570. The molecular weight excluding hydrogens is 542 g/mol. The van der Waals surface area contributed by atoms with Crippen molar-refractivity contribution in [3.8, 4) is 0 Å². The molecule has 0 aromatic heterocycles. The van der Waals surface area contributed by atoms with E-state index in [2.05, 4.69) is 0 Å². The van der Waals surface area contributed by atoms with Crippen LogP contribution in [0, 0.1) is 22.7 Å². The van der Waals surface area contributed by atoms with E-state index in [1.165, 1.54) is 11.8 Å². The van der Waals surface area contributed by atoms with Gasteiger partial charge in [-0.1, -0.05) is 48.7 Å². The largest absolute Gasteiger partial charge is 0.452 e. The maximum absolute atomic E-state index is 13.5. The molecule has 0 radical (unpaired) electrons. The molecule has 7 atom stereocenters. The summed E-state index contributed by atoms with van der Waals surface area (Å²) < 4.78 is 11.4. The molecule has 5 nitrogen and oxygen atoms in total. The van der Waals surface area contributed by atoms with Crippen LogP contribution in [0.5, 0.6) is 0 Å². The number of rotatable bonds is 5. The summed E-state index contributed by atoms with van der Waals surface area (Å²) >= 11 is 27.6. The zero-order valence-electron chi connectivity index (χ0n) is 19.2. The summed E-state index contributed by atoms with van der Waals surface area (Å²) in [6.45, 7) is 3.98. The van der Waals surface area contributed by atoms with Crippen molar-refractivity contribution in [2.24, 2.45) is 22.7 Å². The summed E-state index contributed by atoms with van der Waals surface area (Å²) in [5.74, 6) is -1.55. The Morgan fingerprint density at radius 3 is 2.59 bits per heavy atom. The third-order valence-corrected chi connectivity index (χ3v) is 11.1. The number of thioether (sulfide) groups is 1. The van der Waals surface area contributed by atoms with Crippen LogP contribution < -0.4 is 0 Å². The van der Waals surface area contributed by atoms with E-state index in [1.807, 2.05) is 26.2 Å². The second-order valence-corrected chi connectivity index (χ2v) is 13.2. The number of hydrogen-bond acceptors (Lipinski definition) is 6. The Morgan fingerprint density at radius 1 is 1.24 bits per heavy atom. The Morgan fingerprint density at radius 2 is 1.94 bits per heavy atom. The Hall–Kier alpha value is -0.400. The highest BCUT2D eigenvalue weighted by molar-refractivity contribution is 7.98. The van der Waals surface area contributed by atoms with E-state index in [0.717, 1.165) is 5.57 Å². The van der Waals surface area contributed by atoms with Crippen molar-refractivity contribution in [2.45, 2.75) is 66.6 Å². The maximum atomic E-state index is 13.5. The van der Waals surface area contributed by atoms with Gasteiger partial charge in [0, 0.05) is 10.8 Å². The van der Waals surface area contributed by atoms with Gasteiger partial charge in [-0.3, -0.25) is 4.79 Å². The van der Waals surface area contributed by atoms with Crippen LogP contribution in [0.15, 0.2) is 23.8 Å². The second-order valence-electron chi connectivity index (χ2n) is 10.1. The summed E-state index contributed by atoms with van der Waals surface area (Å²) in [6.07, 6.45) is 9.57. The molecule has 34 heavy (non-hydrogen) atoms. The Balaban J connectivity index is 1.78. The predicted octanol–water partition coefficient (Wildman–Crippen LogP) is 5.82. The van der Waals surface area contributed by atoms with Crippen LogP contribution in [0.1, 0.15) is 46.0 Å². The van der Waals surface area contributed by atoms with Gasteiger partial charge in [-0.05, 0) is 62.3 Å². The number of carbonyl (C=O) groups excluding carboxylic acids is 3. The van der Waals surface area contributed by atoms with Gasteiger partial charge >= 0.3 is 11.9 Å². The van der Waals surface area contributed by atoms with Gasteiger partial charge in [-0.15, -0.1) is 35.0 Å². The first-order chi connectivity index (χ1) is 15.9.